The number of H-pyrrole nitrogens is 1. The summed E-state index contributed by atoms with van der Waals surface area (Å²) in [6, 6.07) is 6.39. The largest absolute Gasteiger partial charge is 0.497 e. The minimum Gasteiger partial charge on any atom is -0.497 e. The maximum Gasteiger partial charge on any atom is 0.251 e. The zero-order chi connectivity index (χ0) is 17.1. The topological polar surface area (TPSA) is 58.2 Å². The molecule has 1 aromatic heterocycles. The molecule has 2 heterocycles. The molecule has 1 atom stereocenters. The first-order chi connectivity index (χ1) is 11.5. The van der Waals surface area contributed by atoms with E-state index >= 15 is 0 Å². The normalized spacial score (nSPS) is 18.5. The maximum atomic E-state index is 14.0. The summed E-state index contributed by atoms with van der Waals surface area (Å²) < 4.78 is 19.2. The highest BCUT2D eigenvalue weighted by Crippen LogP contribution is 2.27. The van der Waals surface area contributed by atoms with Gasteiger partial charge in [0.25, 0.3) is 5.56 Å². The predicted octanol–water partition coefficient (Wildman–Crippen LogP) is 2.61. The van der Waals surface area contributed by atoms with Gasteiger partial charge in [-0.2, -0.15) is 0 Å². The highest BCUT2D eigenvalue weighted by Gasteiger charge is 2.23. The van der Waals surface area contributed by atoms with Gasteiger partial charge >= 0.3 is 0 Å². The zero-order valence-electron chi connectivity index (χ0n) is 14.0. The lowest BCUT2D eigenvalue weighted by Gasteiger charge is -2.32. The van der Waals surface area contributed by atoms with Crippen LogP contribution in [-0.4, -0.2) is 35.1 Å². The fourth-order valence-electron chi connectivity index (χ4n) is 3.29. The van der Waals surface area contributed by atoms with E-state index in [1.165, 1.54) is 6.07 Å². The molecule has 0 radical (unpaired) electrons. The highest BCUT2D eigenvalue weighted by molar-refractivity contribution is 5.29. The SMILES string of the molecule is COc1ccc(F)c(CN2CCCC(c3cc(=O)[nH]c(C)n3)C2)c1. The maximum absolute atomic E-state index is 14.0. The number of nitrogens with one attached hydrogen (secondary N) is 1. The van der Waals surface area contributed by atoms with Crippen molar-refractivity contribution >= 4 is 0 Å². The Morgan fingerprint density at radius 1 is 1.42 bits per heavy atom. The lowest BCUT2D eigenvalue weighted by atomic mass is 9.94. The van der Waals surface area contributed by atoms with Gasteiger partial charge in [-0.1, -0.05) is 0 Å². The molecule has 1 unspecified atom stereocenters. The number of hydrogen-bond acceptors (Lipinski definition) is 4. The molecule has 5 nitrogen and oxygen atoms in total. The van der Waals surface area contributed by atoms with Gasteiger partial charge < -0.3 is 9.72 Å². The zero-order valence-corrected chi connectivity index (χ0v) is 14.0. The van der Waals surface area contributed by atoms with Gasteiger partial charge in [0.05, 0.1) is 12.8 Å². The van der Waals surface area contributed by atoms with Crippen LogP contribution in [0.25, 0.3) is 0 Å². The van der Waals surface area contributed by atoms with E-state index in [0.717, 1.165) is 31.6 Å². The third-order valence-corrected chi connectivity index (χ3v) is 4.45. The van der Waals surface area contributed by atoms with Crippen LogP contribution in [0.3, 0.4) is 0 Å². The minimum absolute atomic E-state index is 0.117. The van der Waals surface area contributed by atoms with Gasteiger partial charge in [0.1, 0.15) is 17.4 Å². The molecule has 0 spiro atoms. The molecular formula is C18H22FN3O2. The number of rotatable bonds is 4. The summed E-state index contributed by atoms with van der Waals surface area (Å²) in [5.74, 6) is 1.27. The van der Waals surface area contributed by atoms with Gasteiger partial charge in [0.2, 0.25) is 0 Å². The van der Waals surface area contributed by atoms with E-state index in [1.807, 2.05) is 0 Å². The number of aromatic nitrogens is 2. The van der Waals surface area contributed by atoms with E-state index in [0.29, 0.717) is 23.7 Å². The first-order valence-corrected chi connectivity index (χ1v) is 8.18. The van der Waals surface area contributed by atoms with Crippen molar-refractivity contribution in [1.82, 2.24) is 14.9 Å². The van der Waals surface area contributed by atoms with Crippen molar-refractivity contribution < 1.29 is 9.13 Å². The molecule has 1 N–H and O–H groups in total. The summed E-state index contributed by atoms with van der Waals surface area (Å²) in [6.45, 7) is 4.00. The number of methoxy groups -OCH3 is 1. The molecule has 1 aromatic carbocycles. The van der Waals surface area contributed by atoms with E-state index < -0.39 is 0 Å². The Kier molecular flexibility index (Phi) is 4.94. The highest BCUT2D eigenvalue weighted by atomic mass is 19.1. The van der Waals surface area contributed by atoms with Gasteiger partial charge in [-0.3, -0.25) is 9.69 Å². The van der Waals surface area contributed by atoms with Gasteiger partial charge in [-0.05, 0) is 44.5 Å². The van der Waals surface area contributed by atoms with Crippen molar-refractivity contribution in [2.24, 2.45) is 0 Å². The fraction of sp³-hybridized carbons (Fsp3) is 0.444. The molecule has 0 bridgehead atoms. The van der Waals surface area contributed by atoms with E-state index in [1.54, 1.807) is 32.2 Å². The molecule has 0 amide bonds. The van der Waals surface area contributed by atoms with Crippen molar-refractivity contribution in [3.63, 3.8) is 0 Å². The number of piperidine rings is 1. The minimum atomic E-state index is -0.219. The number of hydrogen-bond donors (Lipinski definition) is 1. The second-order valence-electron chi connectivity index (χ2n) is 6.29. The Balaban J connectivity index is 1.75. The van der Waals surface area contributed by atoms with Crippen LogP contribution in [0.15, 0.2) is 29.1 Å². The molecular weight excluding hydrogens is 309 g/mol. The third-order valence-electron chi connectivity index (χ3n) is 4.45. The number of benzene rings is 1. The first kappa shape index (κ1) is 16.6. The number of ether oxygens (including phenoxy) is 1. The van der Waals surface area contributed by atoms with Gasteiger partial charge in [-0.15, -0.1) is 0 Å². The molecule has 128 valence electrons. The second kappa shape index (κ2) is 7.13. The Hall–Kier alpha value is -2.21. The van der Waals surface area contributed by atoms with Crippen molar-refractivity contribution in [2.45, 2.75) is 32.2 Å². The van der Waals surface area contributed by atoms with E-state index in [4.69, 9.17) is 4.74 Å². The van der Waals surface area contributed by atoms with Crippen molar-refractivity contribution in [3.05, 3.63) is 57.5 Å². The Morgan fingerprint density at radius 2 is 2.25 bits per heavy atom. The van der Waals surface area contributed by atoms with Gasteiger partial charge in [0, 0.05) is 30.6 Å². The second-order valence-corrected chi connectivity index (χ2v) is 6.29. The molecule has 0 saturated carbocycles. The lowest BCUT2D eigenvalue weighted by Crippen LogP contribution is -2.35. The van der Waals surface area contributed by atoms with Crippen molar-refractivity contribution in [2.75, 3.05) is 20.2 Å². The van der Waals surface area contributed by atoms with Crippen molar-refractivity contribution in [1.29, 1.82) is 0 Å². The molecule has 1 fully saturated rings. The van der Waals surface area contributed by atoms with Crippen molar-refractivity contribution in [3.8, 4) is 5.75 Å². The number of likely N-dealkylation sites (tertiary alicyclic amines) is 1. The lowest BCUT2D eigenvalue weighted by molar-refractivity contribution is 0.196. The quantitative estimate of drug-likeness (QED) is 0.936. The van der Waals surface area contributed by atoms with Crippen LogP contribution in [-0.2, 0) is 6.54 Å². The molecule has 24 heavy (non-hydrogen) atoms. The van der Waals surface area contributed by atoms with Crippen LogP contribution in [0, 0.1) is 12.7 Å². The van der Waals surface area contributed by atoms with Crippen LogP contribution < -0.4 is 10.3 Å². The fourth-order valence-corrected chi connectivity index (χ4v) is 3.29. The van der Waals surface area contributed by atoms with Crippen LogP contribution in [0.1, 0.15) is 35.8 Å². The molecule has 1 aliphatic heterocycles. The molecule has 2 aromatic rings. The van der Waals surface area contributed by atoms with E-state index in [-0.39, 0.29) is 17.3 Å². The van der Waals surface area contributed by atoms with Crippen LogP contribution in [0.2, 0.25) is 0 Å². The summed E-state index contributed by atoms with van der Waals surface area (Å²) in [5, 5.41) is 0. The Bertz CT molecular complexity index is 775. The Labute approximate surface area is 140 Å². The van der Waals surface area contributed by atoms with Gasteiger partial charge in [0.15, 0.2) is 0 Å². The van der Waals surface area contributed by atoms with Crippen LogP contribution in [0.4, 0.5) is 4.39 Å². The number of aromatic amines is 1. The molecule has 3 rings (SSSR count). The summed E-state index contributed by atoms with van der Waals surface area (Å²) >= 11 is 0. The van der Waals surface area contributed by atoms with E-state index in [9.17, 15) is 9.18 Å². The molecule has 1 saturated heterocycles. The third kappa shape index (κ3) is 3.82. The average molecular weight is 331 g/mol. The average Bonchev–Trinajstić information content (AvgIpc) is 2.56. The molecule has 0 aliphatic carbocycles. The summed E-state index contributed by atoms with van der Waals surface area (Å²) in [4.78, 5) is 21.0. The van der Waals surface area contributed by atoms with E-state index in [2.05, 4.69) is 14.9 Å². The monoisotopic (exact) mass is 331 g/mol. The smallest absolute Gasteiger partial charge is 0.251 e. The molecule has 1 aliphatic rings. The number of nitrogens with zero attached hydrogens (tertiary/aromatic N) is 2. The first-order valence-electron chi connectivity index (χ1n) is 8.18. The summed E-state index contributed by atoms with van der Waals surface area (Å²) in [6.07, 6.45) is 2.00. The summed E-state index contributed by atoms with van der Waals surface area (Å²) in [5.41, 5.74) is 1.34. The molecule has 6 heteroatoms. The van der Waals surface area contributed by atoms with Crippen LogP contribution in [0.5, 0.6) is 5.75 Å². The predicted molar refractivity (Wildman–Crippen MR) is 89.8 cm³/mol. The summed E-state index contributed by atoms with van der Waals surface area (Å²) in [7, 11) is 1.58. The number of aryl methyl sites for hydroxylation is 1. The van der Waals surface area contributed by atoms with Gasteiger partial charge in [-0.25, -0.2) is 9.37 Å². The standard InChI is InChI=1S/C18H22FN3O2/c1-12-20-17(9-18(23)21-12)13-4-3-7-22(10-13)11-14-8-15(24-2)5-6-16(14)19/h5-6,8-9,13H,3-4,7,10-11H2,1-2H3,(H,20,21,23). The Morgan fingerprint density at radius 3 is 3.00 bits per heavy atom. The number of halogens is 1. The van der Waals surface area contributed by atoms with Crippen LogP contribution >= 0.6 is 0 Å².